The van der Waals surface area contributed by atoms with E-state index in [0.29, 0.717) is 20.6 Å². The summed E-state index contributed by atoms with van der Waals surface area (Å²) in [6.45, 7) is 1.75. The molecule has 1 fully saturated rings. The second-order valence-corrected chi connectivity index (χ2v) is 8.19. The van der Waals surface area contributed by atoms with E-state index in [1.54, 1.807) is 43.3 Å². The Morgan fingerprint density at radius 2 is 1.85 bits per heavy atom. The number of anilines is 1. The van der Waals surface area contributed by atoms with Crippen LogP contribution in [0.3, 0.4) is 0 Å². The van der Waals surface area contributed by atoms with E-state index >= 15 is 0 Å². The standard InChI is InChI=1S/C18H17ClN2O4S/c1-12-14(19)8-5-9-15(12)20-18(23)16-10-11-17(22)21(16)26(24,25)13-6-3-2-4-7-13/h2-9,16H,10-11H2,1H3,(H,20,23). The van der Waals surface area contributed by atoms with Crippen molar-refractivity contribution in [2.75, 3.05) is 5.32 Å². The molecule has 0 bridgehead atoms. The number of rotatable bonds is 4. The average Bonchev–Trinajstić information content (AvgIpc) is 3.02. The molecule has 0 aliphatic carbocycles. The maximum atomic E-state index is 12.8. The molecule has 1 aliphatic heterocycles. The van der Waals surface area contributed by atoms with Gasteiger partial charge in [-0.1, -0.05) is 35.9 Å². The Morgan fingerprint density at radius 1 is 1.15 bits per heavy atom. The van der Waals surface area contributed by atoms with E-state index in [0.717, 1.165) is 0 Å². The first-order valence-electron chi connectivity index (χ1n) is 8.00. The molecule has 0 saturated carbocycles. The van der Waals surface area contributed by atoms with Crippen molar-refractivity contribution in [2.45, 2.75) is 30.7 Å². The molecule has 1 heterocycles. The first-order valence-corrected chi connectivity index (χ1v) is 9.82. The van der Waals surface area contributed by atoms with Gasteiger partial charge in [0.05, 0.1) is 4.90 Å². The predicted molar refractivity (Wildman–Crippen MR) is 98.3 cm³/mol. The van der Waals surface area contributed by atoms with Crippen LogP contribution in [0.25, 0.3) is 0 Å². The number of nitrogens with one attached hydrogen (secondary N) is 1. The Bertz CT molecular complexity index is 960. The van der Waals surface area contributed by atoms with Crippen molar-refractivity contribution in [3.05, 3.63) is 59.1 Å². The summed E-state index contributed by atoms with van der Waals surface area (Å²) in [5, 5.41) is 3.17. The number of sulfonamides is 1. The maximum absolute atomic E-state index is 12.8. The van der Waals surface area contributed by atoms with Crippen molar-refractivity contribution in [1.82, 2.24) is 4.31 Å². The highest BCUT2D eigenvalue weighted by molar-refractivity contribution is 7.89. The zero-order valence-electron chi connectivity index (χ0n) is 14.0. The van der Waals surface area contributed by atoms with Crippen molar-refractivity contribution in [1.29, 1.82) is 0 Å². The number of benzene rings is 2. The van der Waals surface area contributed by atoms with Gasteiger partial charge in [-0.3, -0.25) is 9.59 Å². The minimum Gasteiger partial charge on any atom is -0.324 e. The molecule has 0 spiro atoms. The lowest BCUT2D eigenvalue weighted by molar-refractivity contribution is -0.128. The third-order valence-electron chi connectivity index (χ3n) is 4.29. The highest BCUT2D eigenvalue weighted by Crippen LogP contribution is 2.29. The predicted octanol–water partition coefficient (Wildman–Crippen LogP) is 2.97. The van der Waals surface area contributed by atoms with Gasteiger partial charge < -0.3 is 5.32 Å². The third-order valence-corrected chi connectivity index (χ3v) is 6.54. The summed E-state index contributed by atoms with van der Waals surface area (Å²) in [7, 11) is -4.10. The van der Waals surface area contributed by atoms with Crippen LogP contribution in [-0.2, 0) is 19.6 Å². The van der Waals surface area contributed by atoms with Gasteiger partial charge in [-0.05, 0) is 43.2 Å². The van der Waals surface area contributed by atoms with Gasteiger partial charge in [0.15, 0.2) is 0 Å². The molecule has 1 unspecified atom stereocenters. The molecule has 2 amide bonds. The Kier molecular flexibility index (Phi) is 5.02. The average molecular weight is 393 g/mol. The van der Waals surface area contributed by atoms with Crippen molar-refractivity contribution < 1.29 is 18.0 Å². The summed E-state index contributed by atoms with van der Waals surface area (Å²) < 4.78 is 26.4. The van der Waals surface area contributed by atoms with E-state index < -0.39 is 27.9 Å². The summed E-state index contributed by atoms with van der Waals surface area (Å²) in [5.41, 5.74) is 1.16. The Balaban J connectivity index is 1.90. The lowest BCUT2D eigenvalue weighted by atomic mass is 10.1. The summed E-state index contributed by atoms with van der Waals surface area (Å²) in [6.07, 6.45) is 0.134. The third kappa shape index (κ3) is 3.32. The fourth-order valence-electron chi connectivity index (χ4n) is 2.87. The topological polar surface area (TPSA) is 83.6 Å². The summed E-state index contributed by atoms with van der Waals surface area (Å²) in [6, 6.07) is 11.6. The SMILES string of the molecule is Cc1c(Cl)cccc1NC(=O)C1CCC(=O)N1S(=O)(=O)c1ccccc1. The quantitative estimate of drug-likeness (QED) is 0.867. The van der Waals surface area contributed by atoms with Crippen LogP contribution in [0.1, 0.15) is 18.4 Å². The number of carbonyl (C=O) groups is 2. The number of halogens is 1. The van der Waals surface area contributed by atoms with Crippen molar-refractivity contribution in [3.63, 3.8) is 0 Å². The van der Waals surface area contributed by atoms with Crippen LogP contribution < -0.4 is 5.32 Å². The molecule has 1 N–H and O–H groups in total. The van der Waals surface area contributed by atoms with E-state index in [9.17, 15) is 18.0 Å². The normalized spacial score (nSPS) is 17.4. The molecule has 1 saturated heterocycles. The van der Waals surface area contributed by atoms with Crippen LogP contribution in [0.5, 0.6) is 0 Å². The highest BCUT2D eigenvalue weighted by Gasteiger charge is 2.44. The number of carbonyl (C=O) groups excluding carboxylic acids is 2. The Hall–Kier alpha value is -2.38. The maximum Gasteiger partial charge on any atom is 0.267 e. The molecular weight excluding hydrogens is 376 g/mol. The second-order valence-electron chi connectivity index (χ2n) is 5.96. The molecule has 8 heteroatoms. The molecule has 26 heavy (non-hydrogen) atoms. The Morgan fingerprint density at radius 3 is 2.54 bits per heavy atom. The van der Waals surface area contributed by atoms with Crippen LogP contribution in [0.2, 0.25) is 5.02 Å². The van der Waals surface area contributed by atoms with E-state index in [4.69, 9.17) is 11.6 Å². The first-order chi connectivity index (χ1) is 12.3. The van der Waals surface area contributed by atoms with Gasteiger partial charge in [0.2, 0.25) is 11.8 Å². The molecule has 0 aromatic heterocycles. The minimum absolute atomic E-state index is 0.00131. The molecule has 2 aromatic carbocycles. The monoisotopic (exact) mass is 392 g/mol. The summed E-state index contributed by atoms with van der Waals surface area (Å²) in [5.74, 6) is -1.14. The summed E-state index contributed by atoms with van der Waals surface area (Å²) >= 11 is 6.05. The molecule has 6 nitrogen and oxygen atoms in total. The lowest BCUT2D eigenvalue weighted by Crippen LogP contribution is -2.45. The van der Waals surface area contributed by atoms with Crippen LogP contribution in [0, 0.1) is 6.92 Å². The number of hydrogen-bond donors (Lipinski definition) is 1. The number of hydrogen-bond acceptors (Lipinski definition) is 4. The van der Waals surface area contributed by atoms with Gasteiger partial charge in [-0.15, -0.1) is 0 Å². The highest BCUT2D eigenvalue weighted by atomic mass is 35.5. The number of amides is 2. The van der Waals surface area contributed by atoms with Crippen LogP contribution in [0.15, 0.2) is 53.4 Å². The Labute approximate surface area is 156 Å². The molecule has 3 rings (SSSR count). The van der Waals surface area contributed by atoms with Gasteiger partial charge in [0, 0.05) is 17.1 Å². The molecule has 1 atom stereocenters. The van der Waals surface area contributed by atoms with Gasteiger partial charge in [0.1, 0.15) is 6.04 Å². The molecular formula is C18H17ClN2O4S. The lowest BCUT2D eigenvalue weighted by Gasteiger charge is -2.24. The zero-order valence-corrected chi connectivity index (χ0v) is 15.5. The molecule has 1 aliphatic rings. The van der Waals surface area contributed by atoms with E-state index in [1.807, 2.05) is 0 Å². The van der Waals surface area contributed by atoms with Crippen molar-refractivity contribution in [2.24, 2.45) is 0 Å². The van der Waals surface area contributed by atoms with Crippen molar-refractivity contribution >= 4 is 39.1 Å². The fourth-order valence-corrected chi connectivity index (χ4v) is 4.66. The number of nitrogens with zero attached hydrogens (tertiary/aromatic N) is 1. The van der Waals surface area contributed by atoms with Gasteiger partial charge in [-0.2, -0.15) is 0 Å². The van der Waals surface area contributed by atoms with E-state index in [1.165, 1.54) is 12.1 Å². The van der Waals surface area contributed by atoms with Crippen LogP contribution in [-0.4, -0.2) is 30.6 Å². The molecule has 136 valence electrons. The minimum atomic E-state index is -4.10. The van der Waals surface area contributed by atoms with Gasteiger partial charge in [0.25, 0.3) is 10.0 Å². The van der Waals surface area contributed by atoms with Gasteiger partial charge in [-0.25, -0.2) is 12.7 Å². The smallest absolute Gasteiger partial charge is 0.267 e. The van der Waals surface area contributed by atoms with E-state index in [2.05, 4.69) is 5.32 Å². The molecule has 0 radical (unpaired) electrons. The van der Waals surface area contributed by atoms with Gasteiger partial charge >= 0.3 is 0 Å². The zero-order chi connectivity index (χ0) is 18.9. The van der Waals surface area contributed by atoms with Crippen LogP contribution >= 0.6 is 11.6 Å². The summed E-state index contributed by atoms with van der Waals surface area (Å²) in [4.78, 5) is 24.9. The van der Waals surface area contributed by atoms with Crippen LogP contribution in [0.4, 0.5) is 5.69 Å². The fraction of sp³-hybridized carbons (Fsp3) is 0.222. The van der Waals surface area contributed by atoms with Crippen molar-refractivity contribution in [3.8, 4) is 0 Å². The largest absolute Gasteiger partial charge is 0.324 e. The first kappa shape index (κ1) is 18.4. The molecule has 2 aromatic rings. The van der Waals surface area contributed by atoms with E-state index in [-0.39, 0.29) is 17.7 Å². The second kappa shape index (κ2) is 7.09.